The quantitative estimate of drug-likeness (QED) is 0.123. The first-order chi connectivity index (χ1) is 23.3. The Balaban J connectivity index is 1.47. The number of benzene rings is 4. The molecule has 1 aliphatic heterocycles. The zero-order chi connectivity index (χ0) is 33.8. The van der Waals surface area contributed by atoms with Crippen molar-refractivity contribution >= 4 is 63.3 Å². The second-order valence-corrected chi connectivity index (χ2v) is 13.2. The van der Waals surface area contributed by atoms with Crippen molar-refractivity contribution < 1.29 is 19.0 Å². The maximum atomic E-state index is 14.3. The number of esters is 1. The van der Waals surface area contributed by atoms with Gasteiger partial charge >= 0.3 is 5.97 Å². The van der Waals surface area contributed by atoms with Gasteiger partial charge in [-0.25, -0.2) is 9.79 Å². The van der Waals surface area contributed by atoms with E-state index in [2.05, 4.69) is 28.7 Å². The highest BCUT2D eigenvalue weighted by molar-refractivity contribution is 14.1. The van der Waals surface area contributed by atoms with E-state index in [4.69, 9.17) is 36.1 Å². The molecule has 2 heterocycles. The van der Waals surface area contributed by atoms with Gasteiger partial charge in [-0.2, -0.15) is 5.26 Å². The summed E-state index contributed by atoms with van der Waals surface area (Å²) in [4.78, 5) is 33.2. The summed E-state index contributed by atoms with van der Waals surface area (Å²) in [6, 6.07) is 28.7. The molecule has 0 saturated heterocycles. The molecule has 0 radical (unpaired) electrons. The van der Waals surface area contributed by atoms with Gasteiger partial charge in [-0.3, -0.25) is 9.36 Å². The van der Waals surface area contributed by atoms with Crippen LogP contribution in [0.3, 0.4) is 0 Å². The van der Waals surface area contributed by atoms with Gasteiger partial charge in [-0.1, -0.05) is 77.5 Å². The van der Waals surface area contributed by atoms with Gasteiger partial charge in [0.1, 0.15) is 6.61 Å². The van der Waals surface area contributed by atoms with Crippen molar-refractivity contribution in [2.75, 3.05) is 13.7 Å². The van der Waals surface area contributed by atoms with Gasteiger partial charge in [-0.05, 0) is 88.7 Å². The molecule has 6 rings (SSSR count). The first-order valence-electron chi connectivity index (χ1n) is 14.8. The Morgan fingerprint density at radius 2 is 1.81 bits per heavy atom. The molecule has 0 spiro atoms. The fourth-order valence-electron chi connectivity index (χ4n) is 5.35. The second kappa shape index (κ2) is 14.6. The van der Waals surface area contributed by atoms with Crippen LogP contribution in [0.2, 0.25) is 5.02 Å². The van der Waals surface area contributed by atoms with Gasteiger partial charge in [0, 0.05) is 10.6 Å². The molecule has 5 aromatic rings. The van der Waals surface area contributed by atoms with Gasteiger partial charge in [-0.15, -0.1) is 0 Å². The summed E-state index contributed by atoms with van der Waals surface area (Å²) in [5.74, 6) is 0.519. The van der Waals surface area contributed by atoms with E-state index in [1.165, 1.54) is 11.3 Å². The third-order valence-electron chi connectivity index (χ3n) is 7.58. The molecule has 0 aliphatic carbocycles. The highest BCUT2D eigenvalue weighted by atomic mass is 127. The normalized spacial score (nSPS) is 14.1. The van der Waals surface area contributed by atoms with Crippen molar-refractivity contribution in [2.45, 2.75) is 19.6 Å². The lowest BCUT2D eigenvalue weighted by atomic mass is 9.93. The summed E-state index contributed by atoms with van der Waals surface area (Å²) in [5.41, 5.74) is 4.04. The van der Waals surface area contributed by atoms with E-state index >= 15 is 0 Å². The number of fused-ring (bicyclic) bond motifs is 1. The SMILES string of the molecule is CCOC(=O)C1=C(c2ccccc2)N=c2s/c(=C\c3cc(I)c(OCc4ccc(C#N)cc4)c(OC)c3)c(=O)n2[C@H]1c1ccc(Cl)cc1. The minimum Gasteiger partial charge on any atom is -0.493 e. The van der Waals surface area contributed by atoms with E-state index in [0.717, 1.165) is 20.3 Å². The fraction of sp³-hybridized carbons (Fsp3) is 0.135. The molecular weight excluding hydrogens is 761 g/mol. The van der Waals surface area contributed by atoms with Gasteiger partial charge in [0.05, 0.1) is 50.8 Å². The molecule has 0 N–H and O–H groups in total. The van der Waals surface area contributed by atoms with Gasteiger partial charge in [0.2, 0.25) is 0 Å². The topological polar surface area (TPSA) is 103 Å². The standard InChI is InChI=1S/C37H27ClIN3O5S/c1-3-46-36(44)31-32(25-7-5-4-6-8-25)41-37-42(33(31)26-13-15-27(38)16-14-26)35(43)30(48-37)19-24-17-28(39)34(29(18-24)45-2)47-21-23-11-9-22(20-40)10-12-23/h4-19,33H,3,21H2,1-2H3/b30-19-/t33-/m0/s1. The van der Waals surface area contributed by atoms with E-state index in [1.807, 2.05) is 54.6 Å². The van der Waals surface area contributed by atoms with Gasteiger partial charge < -0.3 is 14.2 Å². The number of hydrogen-bond donors (Lipinski definition) is 0. The average Bonchev–Trinajstić information content (AvgIpc) is 3.41. The van der Waals surface area contributed by atoms with E-state index in [1.54, 1.807) is 61.1 Å². The number of nitriles is 1. The Hall–Kier alpha value is -4.70. The maximum absolute atomic E-state index is 14.3. The van der Waals surface area contributed by atoms with E-state index in [0.29, 0.717) is 42.7 Å². The first kappa shape index (κ1) is 33.2. The minimum absolute atomic E-state index is 0.163. The number of nitrogens with zero attached hydrogens (tertiary/aromatic N) is 3. The van der Waals surface area contributed by atoms with Crippen LogP contribution in [0.4, 0.5) is 0 Å². The van der Waals surface area contributed by atoms with Crippen LogP contribution < -0.4 is 24.4 Å². The van der Waals surface area contributed by atoms with Crippen LogP contribution in [0.25, 0.3) is 11.8 Å². The van der Waals surface area contributed by atoms with Crippen LogP contribution in [-0.2, 0) is 16.1 Å². The largest absolute Gasteiger partial charge is 0.493 e. The third-order valence-corrected chi connectivity index (χ3v) is 9.61. The lowest BCUT2D eigenvalue weighted by Crippen LogP contribution is -2.40. The second-order valence-electron chi connectivity index (χ2n) is 10.6. The minimum atomic E-state index is -0.803. The predicted molar refractivity (Wildman–Crippen MR) is 194 cm³/mol. The first-order valence-corrected chi connectivity index (χ1v) is 17.1. The van der Waals surface area contributed by atoms with Crippen molar-refractivity contribution in [2.24, 2.45) is 4.99 Å². The van der Waals surface area contributed by atoms with Crippen molar-refractivity contribution in [3.8, 4) is 17.6 Å². The third kappa shape index (κ3) is 6.80. The number of hydrogen-bond acceptors (Lipinski definition) is 8. The molecule has 11 heteroatoms. The molecule has 240 valence electrons. The molecule has 8 nitrogen and oxygen atoms in total. The smallest absolute Gasteiger partial charge is 0.338 e. The highest BCUT2D eigenvalue weighted by Gasteiger charge is 2.35. The van der Waals surface area contributed by atoms with Gasteiger partial charge in [0.15, 0.2) is 16.3 Å². The Labute approximate surface area is 299 Å². The number of ether oxygens (including phenoxy) is 3. The summed E-state index contributed by atoms with van der Waals surface area (Å²) in [7, 11) is 1.56. The molecular formula is C37H27ClIN3O5S. The van der Waals surface area contributed by atoms with Crippen molar-refractivity contribution in [3.05, 3.63) is 153 Å². The van der Waals surface area contributed by atoms with Crippen molar-refractivity contribution in [1.82, 2.24) is 4.57 Å². The Kier molecular flexibility index (Phi) is 10.1. The maximum Gasteiger partial charge on any atom is 0.338 e. The molecule has 48 heavy (non-hydrogen) atoms. The number of thiazole rings is 1. The number of methoxy groups -OCH3 is 1. The molecule has 0 amide bonds. The van der Waals surface area contributed by atoms with Crippen molar-refractivity contribution in [1.29, 1.82) is 5.26 Å². The van der Waals surface area contributed by atoms with Gasteiger partial charge in [0.25, 0.3) is 5.56 Å². The van der Waals surface area contributed by atoms with Crippen LogP contribution in [0.1, 0.15) is 40.8 Å². The lowest BCUT2D eigenvalue weighted by Gasteiger charge is -2.25. The van der Waals surface area contributed by atoms with E-state index < -0.39 is 12.0 Å². The molecule has 0 bridgehead atoms. The monoisotopic (exact) mass is 787 g/mol. The summed E-state index contributed by atoms with van der Waals surface area (Å²) in [5, 5.41) is 9.60. The highest BCUT2D eigenvalue weighted by Crippen LogP contribution is 2.37. The zero-order valence-corrected chi connectivity index (χ0v) is 29.5. The van der Waals surface area contributed by atoms with Crippen LogP contribution in [0.15, 0.2) is 106 Å². The Bertz CT molecular complexity index is 2260. The molecule has 4 aromatic carbocycles. The van der Waals surface area contributed by atoms with Crippen LogP contribution in [0.5, 0.6) is 11.5 Å². The molecule has 1 aromatic heterocycles. The lowest BCUT2D eigenvalue weighted by molar-refractivity contribution is -0.138. The van der Waals surface area contributed by atoms with Crippen LogP contribution >= 0.6 is 45.5 Å². The van der Waals surface area contributed by atoms with Crippen LogP contribution in [-0.4, -0.2) is 24.3 Å². The van der Waals surface area contributed by atoms with E-state index in [9.17, 15) is 9.59 Å². The number of aromatic nitrogens is 1. The summed E-state index contributed by atoms with van der Waals surface area (Å²) < 4.78 is 20.1. The van der Waals surface area contributed by atoms with Crippen molar-refractivity contribution in [3.63, 3.8) is 0 Å². The fourth-order valence-corrected chi connectivity index (χ4v) is 7.25. The molecule has 1 atom stereocenters. The predicted octanol–water partition coefficient (Wildman–Crippen LogP) is 6.65. The van der Waals surface area contributed by atoms with E-state index in [-0.39, 0.29) is 24.3 Å². The number of halogens is 2. The summed E-state index contributed by atoms with van der Waals surface area (Å²) in [6.45, 7) is 2.19. The molecule has 0 unspecified atom stereocenters. The average molecular weight is 788 g/mol. The summed E-state index contributed by atoms with van der Waals surface area (Å²) >= 11 is 9.65. The van der Waals surface area contributed by atoms with Crippen LogP contribution in [0, 0.1) is 14.9 Å². The molecule has 0 fully saturated rings. The number of rotatable bonds is 9. The molecule has 0 saturated carbocycles. The number of carbonyl (C=O) groups excluding carboxylic acids is 1. The zero-order valence-electron chi connectivity index (χ0n) is 25.8. The number of carbonyl (C=O) groups is 1. The summed E-state index contributed by atoms with van der Waals surface area (Å²) in [6.07, 6.45) is 1.79. The Morgan fingerprint density at radius 3 is 2.48 bits per heavy atom. The molecule has 1 aliphatic rings. The Morgan fingerprint density at radius 1 is 1.08 bits per heavy atom.